The van der Waals surface area contributed by atoms with Gasteiger partial charge in [0.05, 0.1) is 5.56 Å². The Morgan fingerprint density at radius 1 is 1.22 bits per heavy atom. The molecule has 1 aliphatic heterocycles. The molecule has 1 aromatic heterocycles. The maximum atomic E-state index is 13.1. The summed E-state index contributed by atoms with van der Waals surface area (Å²) in [5, 5.41) is 0. The SMILES string of the molecule is CC(=O)c1ccccc1C(=O)N1CCCC(c2nccn2CCN(C)C)C1. The highest BCUT2D eigenvalue weighted by atomic mass is 16.2. The first-order valence-electron chi connectivity index (χ1n) is 9.52. The zero-order chi connectivity index (χ0) is 19.4. The molecule has 2 aromatic rings. The largest absolute Gasteiger partial charge is 0.338 e. The molecule has 0 radical (unpaired) electrons. The van der Waals surface area contributed by atoms with Crippen molar-refractivity contribution in [2.75, 3.05) is 33.7 Å². The van der Waals surface area contributed by atoms with E-state index in [1.165, 1.54) is 6.92 Å². The molecule has 0 aliphatic carbocycles. The van der Waals surface area contributed by atoms with Gasteiger partial charge in [-0.05, 0) is 39.9 Å². The average Bonchev–Trinajstić information content (AvgIpc) is 3.14. The number of carbonyl (C=O) groups excluding carboxylic acids is 2. The zero-order valence-electron chi connectivity index (χ0n) is 16.4. The summed E-state index contributed by atoms with van der Waals surface area (Å²) in [5.41, 5.74) is 0.999. The number of hydrogen-bond acceptors (Lipinski definition) is 4. The second-order valence-corrected chi connectivity index (χ2v) is 7.47. The lowest BCUT2D eigenvalue weighted by Gasteiger charge is -2.33. The topological polar surface area (TPSA) is 58.4 Å². The third-order valence-corrected chi connectivity index (χ3v) is 5.15. The maximum absolute atomic E-state index is 13.1. The van der Waals surface area contributed by atoms with Crippen LogP contribution in [0, 0.1) is 0 Å². The number of aromatic nitrogens is 2. The molecule has 0 saturated carbocycles. The first kappa shape index (κ1) is 19.3. The molecule has 1 saturated heterocycles. The number of benzene rings is 1. The van der Waals surface area contributed by atoms with E-state index in [1.54, 1.807) is 18.2 Å². The van der Waals surface area contributed by atoms with Crippen molar-refractivity contribution in [1.29, 1.82) is 0 Å². The van der Waals surface area contributed by atoms with E-state index < -0.39 is 0 Å². The number of nitrogens with zero attached hydrogens (tertiary/aromatic N) is 4. The number of amides is 1. The molecule has 1 unspecified atom stereocenters. The van der Waals surface area contributed by atoms with Crippen molar-refractivity contribution in [3.63, 3.8) is 0 Å². The molecule has 2 heterocycles. The van der Waals surface area contributed by atoms with Gasteiger partial charge in [0.15, 0.2) is 5.78 Å². The van der Waals surface area contributed by atoms with Crippen molar-refractivity contribution in [1.82, 2.24) is 19.4 Å². The molecule has 6 heteroatoms. The first-order valence-corrected chi connectivity index (χ1v) is 9.52. The van der Waals surface area contributed by atoms with Crippen LogP contribution in [0.3, 0.4) is 0 Å². The van der Waals surface area contributed by atoms with Crippen LogP contribution in [0.4, 0.5) is 0 Å². The average molecular weight is 368 g/mol. The molecule has 144 valence electrons. The highest BCUT2D eigenvalue weighted by molar-refractivity contribution is 6.07. The first-order chi connectivity index (χ1) is 13.0. The third kappa shape index (κ3) is 4.45. The predicted octanol–water partition coefficient (Wildman–Crippen LogP) is 2.67. The van der Waals surface area contributed by atoms with Gasteiger partial charge in [0.25, 0.3) is 5.91 Å². The van der Waals surface area contributed by atoms with Gasteiger partial charge in [-0.15, -0.1) is 0 Å². The van der Waals surface area contributed by atoms with Crippen LogP contribution in [-0.2, 0) is 6.54 Å². The van der Waals surface area contributed by atoms with Crippen LogP contribution in [0.25, 0.3) is 0 Å². The molecule has 1 aromatic carbocycles. The number of carbonyl (C=O) groups is 2. The van der Waals surface area contributed by atoms with Gasteiger partial charge < -0.3 is 14.4 Å². The fraction of sp³-hybridized carbons (Fsp3) is 0.476. The summed E-state index contributed by atoms with van der Waals surface area (Å²) in [4.78, 5) is 33.6. The summed E-state index contributed by atoms with van der Waals surface area (Å²) >= 11 is 0. The van der Waals surface area contributed by atoms with Crippen molar-refractivity contribution in [2.45, 2.75) is 32.2 Å². The number of imidazole rings is 1. The molecular formula is C21H28N4O2. The van der Waals surface area contributed by atoms with E-state index in [4.69, 9.17) is 0 Å². The molecule has 1 atom stereocenters. The lowest BCUT2D eigenvalue weighted by Crippen LogP contribution is -2.40. The van der Waals surface area contributed by atoms with Crippen LogP contribution in [0.2, 0.25) is 0 Å². The smallest absolute Gasteiger partial charge is 0.254 e. The van der Waals surface area contributed by atoms with Gasteiger partial charge in [-0.1, -0.05) is 18.2 Å². The van der Waals surface area contributed by atoms with Gasteiger partial charge in [0.1, 0.15) is 5.82 Å². The van der Waals surface area contributed by atoms with Gasteiger partial charge in [-0.25, -0.2) is 4.98 Å². The van der Waals surface area contributed by atoms with E-state index in [2.05, 4.69) is 28.5 Å². The summed E-state index contributed by atoms with van der Waals surface area (Å²) < 4.78 is 2.20. The minimum Gasteiger partial charge on any atom is -0.338 e. The minimum absolute atomic E-state index is 0.0584. The normalized spacial score (nSPS) is 17.3. The highest BCUT2D eigenvalue weighted by Gasteiger charge is 2.29. The van der Waals surface area contributed by atoms with Gasteiger partial charge >= 0.3 is 0 Å². The van der Waals surface area contributed by atoms with E-state index >= 15 is 0 Å². The molecule has 1 fully saturated rings. The van der Waals surface area contributed by atoms with Crippen molar-refractivity contribution in [3.8, 4) is 0 Å². The fourth-order valence-corrected chi connectivity index (χ4v) is 3.70. The molecule has 1 aliphatic rings. The Balaban J connectivity index is 1.76. The van der Waals surface area contributed by atoms with E-state index in [1.807, 2.05) is 23.4 Å². The van der Waals surface area contributed by atoms with Crippen LogP contribution >= 0.6 is 0 Å². The summed E-state index contributed by atoms with van der Waals surface area (Å²) in [5.74, 6) is 1.14. The minimum atomic E-state index is -0.0771. The van der Waals surface area contributed by atoms with E-state index in [-0.39, 0.29) is 17.6 Å². The van der Waals surface area contributed by atoms with Crippen LogP contribution in [0.15, 0.2) is 36.7 Å². The van der Waals surface area contributed by atoms with Crippen molar-refractivity contribution >= 4 is 11.7 Å². The van der Waals surface area contributed by atoms with Crippen molar-refractivity contribution < 1.29 is 9.59 Å². The Morgan fingerprint density at radius 3 is 2.67 bits per heavy atom. The van der Waals surface area contributed by atoms with E-state index in [9.17, 15) is 9.59 Å². The van der Waals surface area contributed by atoms with Crippen LogP contribution < -0.4 is 0 Å². The highest BCUT2D eigenvalue weighted by Crippen LogP contribution is 2.27. The number of ketones is 1. The van der Waals surface area contributed by atoms with Gasteiger partial charge in [-0.2, -0.15) is 0 Å². The quantitative estimate of drug-likeness (QED) is 0.736. The Labute approximate surface area is 160 Å². The molecule has 0 bridgehead atoms. The Morgan fingerprint density at radius 2 is 1.96 bits per heavy atom. The predicted molar refractivity (Wildman–Crippen MR) is 105 cm³/mol. The van der Waals surface area contributed by atoms with Gasteiger partial charge in [0.2, 0.25) is 0 Å². The van der Waals surface area contributed by atoms with E-state index in [0.29, 0.717) is 17.7 Å². The number of hydrogen-bond donors (Lipinski definition) is 0. The van der Waals surface area contributed by atoms with Gasteiger partial charge in [-0.3, -0.25) is 9.59 Å². The second kappa shape index (κ2) is 8.48. The van der Waals surface area contributed by atoms with Crippen LogP contribution in [0.5, 0.6) is 0 Å². The maximum Gasteiger partial charge on any atom is 0.254 e. The molecule has 6 nitrogen and oxygen atoms in total. The Bertz CT molecular complexity index is 812. The van der Waals surface area contributed by atoms with Crippen LogP contribution in [-0.4, -0.2) is 64.8 Å². The van der Waals surface area contributed by atoms with Crippen molar-refractivity contribution in [3.05, 3.63) is 53.6 Å². The molecule has 1 amide bonds. The summed E-state index contributed by atoms with van der Waals surface area (Å²) in [6.07, 6.45) is 5.83. The van der Waals surface area contributed by atoms with E-state index in [0.717, 1.165) is 38.3 Å². The number of piperidine rings is 1. The fourth-order valence-electron chi connectivity index (χ4n) is 3.70. The third-order valence-electron chi connectivity index (χ3n) is 5.15. The lowest BCUT2D eigenvalue weighted by molar-refractivity contribution is 0.0699. The van der Waals surface area contributed by atoms with Crippen molar-refractivity contribution in [2.24, 2.45) is 0 Å². The lowest BCUT2D eigenvalue weighted by atomic mass is 9.95. The summed E-state index contributed by atoms with van der Waals surface area (Å²) in [7, 11) is 4.12. The standard InChI is InChI=1S/C21H28N4O2/c1-16(26)18-8-4-5-9-19(18)21(27)25-11-6-7-17(15-25)20-22-10-12-24(20)14-13-23(2)3/h4-5,8-10,12,17H,6-7,11,13-15H2,1-3H3. The molecule has 0 N–H and O–H groups in total. The Hall–Kier alpha value is -2.47. The number of rotatable bonds is 6. The van der Waals surface area contributed by atoms with Gasteiger partial charge in [0, 0.05) is 50.1 Å². The monoisotopic (exact) mass is 368 g/mol. The summed E-state index contributed by atoms with van der Waals surface area (Å²) in [6.45, 7) is 4.71. The molecule has 27 heavy (non-hydrogen) atoms. The number of likely N-dealkylation sites (N-methyl/N-ethyl adjacent to an activating group) is 1. The molecule has 3 rings (SSSR count). The van der Waals surface area contributed by atoms with Crippen LogP contribution in [0.1, 0.15) is 52.2 Å². The summed E-state index contributed by atoms with van der Waals surface area (Å²) in [6, 6.07) is 7.09. The molecular weight excluding hydrogens is 340 g/mol. The number of likely N-dealkylation sites (tertiary alicyclic amines) is 1. The molecule has 0 spiro atoms. The second-order valence-electron chi connectivity index (χ2n) is 7.47. The Kier molecular flexibility index (Phi) is 6.06. The zero-order valence-corrected chi connectivity index (χ0v) is 16.4. The number of Topliss-reactive ketones (excluding diaryl/α,β-unsaturated/α-hetero) is 1.